The van der Waals surface area contributed by atoms with E-state index in [0.717, 1.165) is 31.1 Å². The van der Waals surface area contributed by atoms with Crippen LogP contribution in [0.5, 0.6) is 0 Å². The van der Waals surface area contributed by atoms with Gasteiger partial charge in [-0.05, 0) is 37.5 Å². The van der Waals surface area contributed by atoms with Crippen LogP contribution in [0.4, 0.5) is 5.69 Å². The first-order valence-electron chi connectivity index (χ1n) is 9.29. The maximum absolute atomic E-state index is 12.4. The molecule has 1 fully saturated rings. The average molecular weight is 405 g/mol. The van der Waals surface area contributed by atoms with Crippen LogP contribution in [-0.2, 0) is 14.3 Å². The third-order valence-electron chi connectivity index (χ3n) is 4.43. The van der Waals surface area contributed by atoms with Crippen molar-refractivity contribution in [1.82, 2.24) is 4.90 Å². The Labute approximate surface area is 167 Å². The summed E-state index contributed by atoms with van der Waals surface area (Å²) in [5, 5.41) is 11.6. The summed E-state index contributed by atoms with van der Waals surface area (Å²) in [4.78, 5) is 42.6. The van der Waals surface area contributed by atoms with Crippen LogP contribution in [0.2, 0.25) is 0 Å². The monoisotopic (exact) mass is 405 g/mol. The minimum Gasteiger partial charge on any atom is -0.460 e. The number of esters is 1. The van der Waals surface area contributed by atoms with Gasteiger partial charge in [-0.15, -0.1) is 0 Å². The molecule has 9 heteroatoms. The number of aliphatic hydroxyl groups excluding tert-OH is 1. The molecular weight excluding hydrogens is 382 g/mol. The van der Waals surface area contributed by atoms with Gasteiger partial charge in [0.1, 0.15) is 11.9 Å². The number of ether oxygens (including phenoxy) is 1. The molecule has 0 aliphatic carbocycles. The van der Waals surface area contributed by atoms with Crippen molar-refractivity contribution in [1.29, 1.82) is 0 Å². The minimum absolute atomic E-state index is 0.0174. The topological polar surface area (TPSA) is 108 Å². The highest BCUT2D eigenvalue weighted by molar-refractivity contribution is 8.15. The average Bonchev–Trinajstić information content (AvgIpc) is 3.07. The van der Waals surface area contributed by atoms with Crippen molar-refractivity contribution in [2.45, 2.75) is 30.9 Å². The van der Waals surface area contributed by atoms with Gasteiger partial charge in [-0.1, -0.05) is 17.8 Å². The molecule has 2 heterocycles. The van der Waals surface area contributed by atoms with Crippen LogP contribution in [0.3, 0.4) is 0 Å². The molecule has 0 radical (unpaired) electrons. The number of hydrogen-bond acceptors (Lipinski definition) is 7. The van der Waals surface area contributed by atoms with Gasteiger partial charge in [0, 0.05) is 25.2 Å². The number of thioether (sulfide) groups is 1. The predicted molar refractivity (Wildman–Crippen MR) is 106 cm³/mol. The first kappa shape index (κ1) is 20.3. The lowest BCUT2D eigenvalue weighted by Gasteiger charge is -2.27. The van der Waals surface area contributed by atoms with Gasteiger partial charge in [0.15, 0.2) is 5.17 Å². The molecule has 0 saturated carbocycles. The van der Waals surface area contributed by atoms with E-state index >= 15 is 0 Å². The Morgan fingerprint density at radius 2 is 2.07 bits per heavy atom. The fourth-order valence-corrected chi connectivity index (χ4v) is 4.17. The maximum atomic E-state index is 12.4. The number of benzene rings is 1. The number of aliphatic imine (C=N–C) groups is 1. The van der Waals surface area contributed by atoms with Crippen LogP contribution in [0.15, 0.2) is 29.3 Å². The lowest BCUT2D eigenvalue weighted by atomic mass is 10.1. The standard InChI is InChI=1S/C19H23N3O5S/c23-9-10-27-18(26)13-5-4-6-14(11-13)20-16(24)12-15-17(25)21-19(28-15)22-7-2-1-3-8-22/h4-6,11,15,23H,1-3,7-10,12H2,(H,20,24). The van der Waals surface area contributed by atoms with E-state index in [-0.39, 0.29) is 37.0 Å². The Balaban J connectivity index is 1.53. The van der Waals surface area contributed by atoms with E-state index in [1.54, 1.807) is 18.2 Å². The van der Waals surface area contributed by atoms with Gasteiger partial charge >= 0.3 is 5.97 Å². The second kappa shape index (κ2) is 9.70. The molecule has 2 N–H and O–H groups in total. The molecule has 8 nitrogen and oxygen atoms in total. The number of rotatable bonds is 6. The summed E-state index contributed by atoms with van der Waals surface area (Å²) in [5.74, 6) is -1.17. The molecule has 150 valence electrons. The smallest absolute Gasteiger partial charge is 0.338 e. The van der Waals surface area contributed by atoms with E-state index in [2.05, 4.69) is 15.2 Å². The molecule has 1 unspecified atom stereocenters. The number of hydrogen-bond donors (Lipinski definition) is 2. The molecular formula is C19H23N3O5S. The Kier molecular flexibility index (Phi) is 7.05. The molecule has 2 aliphatic heterocycles. The van der Waals surface area contributed by atoms with Crippen LogP contribution in [0, 0.1) is 0 Å². The van der Waals surface area contributed by atoms with Crippen LogP contribution >= 0.6 is 11.8 Å². The molecule has 0 bridgehead atoms. The van der Waals surface area contributed by atoms with Crippen molar-refractivity contribution in [3.8, 4) is 0 Å². The number of piperidine rings is 1. The summed E-state index contributed by atoms with van der Waals surface area (Å²) >= 11 is 1.35. The molecule has 3 rings (SSSR count). The highest BCUT2D eigenvalue weighted by atomic mass is 32.2. The van der Waals surface area contributed by atoms with Gasteiger partial charge in [-0.2, -0.15) is 4.99 Å². The van der Waals surface area contributed by atoms with Crippen molar-refractivity contribution >= 4 is 40.4 Å². The number of nitrogens with zero attached hydrogens (tertiary/aromatic N) is 2. The van der Waals surface area contributed by atoms with Crippen molar-refractivity contribution in [3.63, 3.8) is 0 Å². The number of carbonyl (C=O) groups excluding carboxylic acids is 3. The zero-order chi connectivity index (χ0) is 19.9. The van der Waals surface area contributed by atoms with Crippen molar-refractivity contribution < 1.29 is 24.2 Å². The molecule has 1 aromatic carbocycles. The normalized spacial score (nSPS) is 19.3. The molecule has 1 saturated heterocycles. The second-order valence-corrected chi connectivity index (χ2v) is 7.75. The van der Waals surface area contributed by atoms with E-state index in [1.807, 2.05) is 0 Å². The Morgan fingerprint density at radius 3 is 2.82 bits per heavy atom. The number of likely N-dealkylation sites (tertiary alicyclic amines) is 1. The maximum Gasteiger partial charge on any atom is 0.338 e. The zero-order valence-electron chi connectivity index (χ0n) is 15.4. The Morgan fingerprint density at radius 1 is 1.29 bits per heavy atom. The van der Waals surface area contributed by atoms with Crippen molar-refractivity contribution in [2.75, 3.05) is 31.6 Å². The van der Waals surface area contributed by atoms with Crippen LogP contribution < -0.4 is 5.32 Å². The number of aliphatic hydroxyl groups is 1. The summed E-state index contributed by atoms with van der Waals surface area (Å²) < 4.78 is 4.86. The fraction of sp³-hybridized carbons (Fsp3) is 0.474. The van der Waals surface area contributed by atoms with Crippen LogP contribution in [0.25, 0.3) is 0 Å². The second-order valence-electron chi connectivity index (χ2n) is 6.58. The van der Waals surface area contributed by atoms with Crippen LogP contribution in [0.1, 0.15) is 36.0 Å². The highest BCUT2D eigenvalue weighted by Crippen LogP contribution is 2.29. The third kappa shape index (κ3) is 5.32. The number of carbonyl (C=O) groups is 3. The van der Waals surface area contributed by atoms with Crippen LogP contribution in [-0.4, -0.2) is 64.5 Å². The summed E-state index contributed by atoms with van der Waals surface area (Å²) in [5.41, 5.74) is 0.712. The van der Waals surface area contributed by atoms with E-state index < -0.39 is 11.2 Å². The van der Waals surface area contributed by atoms with Gasteiger partial charge in [0.25, 0.3) is 5.91 Å². The van der Waals surface area contributed by atoms with Crippen molar-refractivity contribution in [3.05, 3.63) is 29.8 Å². The fourth-order valence-electron chi connectivity index (χ4n) is 3.06. The van der Waals surface area contributed by atoms with Gasteiger partial charge in [0.2, 0.25) is 5.91 Å². The number of amides is 2. The number of anilines is 1. The molecule has 0 spiro atoms. The molecule has 2 aliphatic rings. The minimum atomic E-state index is -0.578. The summed E-state index contributed by atoms with van der Waals surface area (Å²) in [7, 11) is 0. The summed E-state index contributed by atoms with van der Waals surface area (Å²) in [6.45, 7) is 1.46. The van der Waals surface area contributed by atoms with Gasteiger partial charge < -0.3 is 20.1 Å². The first-order chi connectivity index (χ1) is 13.6. The first-order valence-corrected chi connectivity index (χ1v) is 10.2. The predicted octanol–water partition coefficient (Wildman–Crippen LogP) is 1.65. The molecule has 1 atom stereocenters. The Bertz CT molecular complexity index is 777. The third-order valence-corrected chi connectivity index (χ3v) is 5.65. The summed E-state index contributed by atoms with van der Waals surface area (Å²) in [6.07, 6.45) is 3.40. The highest BCUT2D eigenvalue weighted by Gasteiger charge is 2.33. The SMILES string of the molecule is O=C(CC1SC(N2CCCCC2)=NC1=O)Nc1cccc(C(=O)OCCO)c1. The van der Waals surface area contributed by atoms with E-state index in [4.69, 9.17) is 9.84 Å². The zero-order valence-corrected chi connectivity index (χ0v) is 16.2. The number of nitrogens with one attached hydrogen (secondary N) is 1. The molecule has 0 aromatic heterocycles. The molecule has 1 aromatic rings. The summed E-state index contributed by atoms with van der Waals surface area (Å²) in [6, 6.07) is 6.33. The molecule has 2 amide bonds. The molecule has 28 heavy (non-hydrogen) atoms. The largest absolute Gasteiger partial charge is 0.460 e. The lowest BCUT2D eigenvalue weighted by molar-refractivity contribution is -0.121. The van der Waals surface area contributed by atoms with Gasteiger partial charge in [0.05, 0.1) is 12.2 Å². The van der Waals surface area contributed by atoms with E-state index in [1.165, 1.54) is 24.2 Å². The van der Waals surface area contributed by atoms with Gasteiger partial charge in [-0.3, -0.25) is 9.59 Å². The van der Waals surface area contributed by atoms with Crippen molar-refractivity contribution in [2.24, 2.45) is 4.99 Å². The Hall–Kier alpha value is -2.39. The van der Waals surface area contributed by atoms with E-state index in [0.29, 0.717) is 5.69 Å². The number of amidine groups is 1. The van der Waals surface area contributed by atoms with E-state index in [9.17, 15) is 14.4 Å². The van der Waals surface area contributed by atoms with Gasteiger partial charge in [-0.25, -0.2) is 4.79 Å². The lowest BCUT2D eigenvalue weighted by Crippen LogP contribution is -2.33. The quantitative estimate of drug-likeness (QED) is 0.693.